The maximum absolute atomic E-state index is 10.4. The first-order valence-corrected chi connectivity index (χ1v) is 6.11. The van der Waals surface area contributed by atoms with Crippen molar-refractivity contribution in [3.63, 3.8) is 0 Å². The molecule has 2 heteroatoms. The molecule has 3 unspecified atom stereocenters. The summed E-state index contributed by atoms with van der Waals surface area (Å²) in [6.07, 6.45) is 0.709. The highest BCUT2D eigenvalue weighted by molar-refractivity contribution is 5.40. The number of aliphatic hydroxyl groups is 1. The summed E-state index contributed by atoms with van der Waals surface area (Å²) in [6, 6.07) is 8.38. The predicted molar refractivity (Wildman–Crippen MR) is 66.3 cm³/mol. The first-order chi connectivity index (χ1) is 7.65. The minimum Gasteiger partial charge on any atom is -0.392 e. The van der Waals surface area contributed by atoms with Crippen LogP contribution in [0.25, 0.3) is 0 Å². The average Bonchev–Trinajstić information content (AvgIpc) is 2.20. The molecule has 0 spiro atoms. The van der Waals surface area contributed by atoms with Gasteiger partial charge in [0.1, 0.15) is 0 Å². The third kappa shape index (κ3) is 1.87. The summed E-state index contributed by atoms with van der Waals surface area (Å²) in [5.41, 5.74) is 8.45. The summed E-state index contributed by atoms with van der Waals surface area (Å²) in [5, 5.41) is 10.4. The zero-order chi connectivity index (χ0) is 11.7. The molecule has 0 saturated heterocycles. The van der Waals surface area contributed by atoms with Gasteiger partial charge in [-0.1, -0.05) is 38.1 Å². The van der Waals surface area contributed by atoms with Crippen molar-refractivity contribution in [1.82, 2.24) is 0 Å². The van der Waals surface area contributed by atoms with E-state index < -0.39 is 0 Å². The molecule has 88 valence electrons. The molecular formula is C14H21NO. The van der Waals surface area contributed by atoms with Gasteiger partial charge in [0.15, 0.2) is 0 Å². The average molecular weight is 219 g/mol. The summed E-state index contributed by atoms with van der Waals surface area (Å²) in [5.74, 6) is 0.943. The van der Waals surface area contributed by atoms with Gasteiger partial charge in [-0.15, -0.1) is 0 Å². The summed E-state index contributed by atoms with van der Waals surface area (Å²) in [6.45, 7) is 4.83. The van der Waals surface area contributed by atoms with Crippen LogP contribution in [0, 0.1) is 11.8 Å². The van der Waals surface area contributed by atoms with Crippen LogP contribution in [0.3, 0.4) is 0 Å². The fourth-order valence-electron chi connectivity index (χ4n) is 2.71. The molecule has 0 fully saturated rings. The SMILES string of the molecule is CC(C)C(CN)C(O)C1Cc2ccccc21. The van der Waals surface area contributed by atoms with Gasteiger partial charge >= 0.3 is 0 Å². The van der Waals surface area contributed by atoms with Gasteiger partial charge in [0.2, 0.25) is 0 Å². The lowest BCUT2D eigenvalue weighted by Gasteiger charge is -2.38. The molecule has 0 radical (unpaired) electrons. The van der Waals surface area contributed by atoms with E-state index in [1.165, 1.54) is 11.1 Å². The largest absolute Gasteiger partial charge is 0.392 e. The minimum absolute atomic E-state index is 0.207. The Hall–Kier alpha value is -0.860. The van der Waals surface area contributed by atoms with Crippen LogP contribution in [0.15, 0.2) is 24.3 Å². The Bertz CT molecular complexity index is 362. The zero-order valence-corrected chi connectivity index (χ0v) is 10.1. The van der Waals surface area contributed by atoms with Crippen molar-refractivity contribution in [1.29, 1.82) is 0 Å². The Labute approximate surface area is 97.5 Å². The third-order valence-electron chi connectivity index (χ3n) is 3.87. The van der Waals surface area contributed by atoms with Gasteiger partial charge < -0.3 is 10.8 Å². The van der Waals surface area contributed by atoms with E-state index in [0.717, 1.165) is 6.42 Å². The Morgan fingerprint density at radius 2 is 2.06 bits per heavy atom. The van der Waals surface area contributed by atoms with E-state index in [-0.39, 0.29) is 12.0 Å². The second kappa shape index (κ2) is 4.56. The molecule has 0 bridgehead atoms. The Balaban J connectivity index is 2.11. The van der Waals surface area contributed by atoms with E-state index in [1.807, 2.05) is 6.07 Å². The molecule has 3 N–H and O–H groups in total. The molecule has 0 aliphatic heterocycles. The molecule has 1 aliphatic carbocycles. The predicted octanol–water partition coefficient (Wildman–Crippen LogP) is 1.92. The Morgan fingerprint density at radius 1 is 1.38 bits per heavy atom. The quantitative estimate of drug-likeness (QED) is 0.812. The molecule has 1 aliphatic rings. The molecule has 1 aromatic rings. The normalized spacial score (nSPS) is 22.4. The molecule has 2 nitrogen and oxygen atoms in total. The lowest BCUT2D eigenvalue weighted by molar-refractivity contribution is 0.0540. The number of nitrogens with two attached hydrogens (primary N) is 1. The fraction of sp³-hybridized carbons (Fsp3) is 0.571. The van der Waals surface area contributed by atoms with Crippen LogP contribution in [-0.2, 0) is 6.42 Å². The van der Waals surface area contributed by atoms with E-state index in [2.05, 4.69) is 32.0 Å². The molecule has 0 heterocycles. The lowest BCUT2D eigenvalue weighted by Crippen LogP contribution is -2.40. The number of aliphatic hydroxyl groups excluding tert-OH is 1. The second-order valence-corrected chi connectivity index (χ2v) is 5.14. The highest BCUT2D eigenvalue weighted by atomic mass is 16.3. The number of fused-ring (bicyclic) bond motifs is 1. The fourth-order valence-corrected chi connectivity index (χ4v) is 2.71. The topological polar surface area (TPSA) is 46.2 Å². The molecule has 0 aromatic heterocycles. The van der Waals surface area contributed by atoms with Crippen molar-refractivity contribution >= 4 is 0 Å². The van der Waals surface area contributed by atoms with E-state index >= 15 is 0 Å². The van der Waals surface area contributed by atoms with Gasteiger partial charge in [0.05, 0.1) is 6.10 Å². The zero-order valence-electron chi connectivity index (χ0n) is 10.1. The Morgan fingerprint density at radius 3 is 2.62 bits per heavy atom. The highest BCUT2D eigenvalue weighted by Gasteiger charge is 2.36. The van der Waals surface area contributed by atoms with Crippen LogP contribution in [0.5, 0.6) is 0 Å². The number of hydrogen-bond acceptors (Lipinski definition) is 2. The van der Waals surface area contributed by atoms with Gasteiger partial charge in [0, 0.05) is 5.92 Å². The number of hydrogen-bond donors (Lipinski definition) is 2. The first kappa shape index (κ1) is 11.6. The summed E-state index contributed by atoms with van der Waals surface area (Å²) < 4.78 is 0. The van der Waals surface area contributed by atoms with Crippen LogP contribution in [-0.4, -0.2) is 17.8 Å². The highest BCUT2D eigenvalue weighted by Crippen LogP contribution is 2.40. The molecule has 1 aromatic carbocycles. The second-order valence-electron chi connectivity index (χ2n) is 5.14. The minimum atomic E-state index is -0.292. The molecule has 2 rings (SSSR count). The van der Waals surface area contributed by atoms with E-state index in [4.69, 9.17) is 5.73 Å². The number of rotatable bonds is 4. The maximum Gasteiger partial charge on any atom is 0.0654 e. The van der Waals surface area contributed by atoms with E-state index in [1.54, 1.807) is 0 Å². The van der Waals surface area contributed by atoms with Crippen LogP contribution >= 0.6 is 0 Å². The van der Waals surface area contributed by atoms with Gasteiger partial charge in [-0.2, -0.15) is 0 Å². The van der Waals surface area contributed by atoms with Crippen LogP contribution in [0.1, 0.15) is 30.9 Å². The summed E-state index contributed by atoms with van der Waals surface area (Å²) >= 11 is 0. The van der Waals surface area contributed by atoms with Crippen molar-refractivity contribution in [2.75, 3.05) is 6.54 Å². The molecular weight excluding hydrogens is 198 g/mol. The maximum atomic E-state index is 10.4. The molecule has 3 atom stereocenters. The van der Waals surface area contributed by atoms with Crippen LogP contribution in [0.4, 0.5) is 0 Å². The molecule has 16 heavy (non-hydrogen) atoms. The van der Waals surface area contributed by atoms with E-state index in [9.17, 15) is 5.11 Å². The van der Waals surface area contributed by atoms with Crippen LogP contribution < -0.4 is 5.73 Å². The smallest absolute Gasteiger partial charge is 0.0654 e. The van der Waals surface area contributed by atoms with Gasteiger partial charge in [-0.05, 0) is 35.9 Å². The first-order valence-electron chi connectivity index (χ1n) is 6.11. The Kier molecular flexibility index (Phi) is 3.31. The van der Waals surface area contributed by atoms with Crippen molar-refractivity contribution < 1.29 is 5.11 Å². The van der Waals surface area contributed by atoms with Gasteiger partial charge in [0.25, 0.3) is 0 Å². The standard InChI is InChI=1S/C14H21NO/c1-9(2)13(8-15)14(16)12-7-10-5-3-4-6-11(10)12/h3-6,9,12-14,16H,7-8,15H2,1-2H3. The molecule has 0 saturated carbocycles. The van der Waals surface area contributed by atoms with Crippen LogP contribution in [0.2, 0.25) is 0 Å². The lowest BCUT2D eigenvalue weighted by atomic mass is 9.69. The summed E-state index contributed by atoms with van der Waals surface area (Å²) in [4.78, 5) is 0. The third-order valence-corrected chi connectivity index (χ3v) is 3.87. The monoisotopic (exact) mass is 219 g/mol. The van der Waals surface area contributed by atoms with Crippen molar-refractivity contribution in [2.24, 2.45) is 17.6 Å². The van der Waals surface area contributed by atoms with Gasteiger partial charge in [-0.25, -0.2) is 0 Å². The molecule has 0 amide bonds. The van der Waals surface area contributed by atoms with Crippen molar-refractivity contribution in [3.8, 4) is 0 Å². The van der Waals surface area contributed by atoms with Gasteiger partial charge in [-0.3, -0.25) is 0 Å². The van der Waals surface area contributed by atoms with Crippen molar-refractivity contribution in [2.45, 2.75) is 32.3 Å². The van der Waals surface area contributed by atoms with Crippen molar-refractivity contribution in [3.05, 3.63) is 35.4 Å². The number of benzene rings is 1. The van der Waals surface area contributed by atoms with E-state index in [0.29, 0.717) is 18.4 Å². The summed E-state index contributed by atoms with van der Waals surface area (Å²) in [7, 11) is 0.